The monoisotopic (exact) mass is 284 g/mol. The van der Waals surface area contributed by atoms with Crippen molar-refractivity contribution < 1.29 is 22.0 Å². The van der Waals surface area contributed by atoms with E-state index < -0.39 is 24.2 Å². The van der Waals surface area contributed by atoms with Crippen LogP contribution in [0.5, 0.6) is 0 Å². The van der Waals surface area contributed by atoms with Gasteiger partial charge in [-0.3, -0.25) is 0 Å². The van der Waals surface area contributed by atoms with Crippen molar-refractivity contribution in [1.82, 2.24) is 4.98 Å². The molecule has 0 unspecified atom stereocenters. The zero-order valence-electron chi connectivity index (χ0n) is 9.82. The normalized spacial score (nSPS) is 11.5. The number of unbranched alkanes of at least 4 members (excludes halogenated alkanes) is 1. The van der Waals surface area contributed by atoms with Crippen LogP contribution in [0.4, 0.5) is 33.6 Å². The lowest BCUT2D eigenvalue weighted by Gasteiger charge is -2.10. The molecule has 0 aromatic carbocycles. The average molecular weight is 284 g/mol. The van der Waals surface area contributed by atoms with Crippen LogP contribution in [-0.4, -0.2) is 17.7 Å². The Balaban J connectivity index is 2.45. The van der Waals surface area contributed by atoms with Gasteiger partial charge in [0, 0.05) is 19.0 Å². The number of nitrogens with one attached hydrogen (secondary N) is 2. The second-order valence-electron chi connectivity index (χ2n) is 3.79. The zero-order valence-corrected chi connectivity index (χ0v) is 9.82. The fraction of sp³-hybridized carbons (Fsp3) is 0.500. The third kappa shape index (κ3) is 5.25. The minimum Gasteiger partial charge on any atom is -0.368 e. The molecule has 0 radical (unpaired) electrons. The average Bonchev–Trinajstić information content (AvgIpc) is 2.29. The number of nitrogens with two attached hydrogens (primary N) is 1. The Morgan fingerprint density at radius 2 is 1.74 bits per heavy atom. The van der Waals surface area contributed by atoms with Crippen LogP contribution in [0, 0.1) is 11.6 Å². The van der Waals surface area contributed by atoms with Gasteiger partial charge in [-0.1, -0.05) is 0 Å². The summed E-state index contributed by atoms with van der Waals surface area (Å²) < 4.78 is 61.8. The second kappa shape index (κ2) is 6.50. The molecule has 9 heteroatoms. The highest BCUT2D eigenvalue weighted by atomic mass is 19.4. The van der Waals surface area contributed by atoms with E-state index in [0.29, 0.717) is 6.07 Å². The lowest BCUT2D eigenvalue weighted by atomic mass is 10.2. The Hall–Kier alpha value is -1.64. The summed E-state index contributed by atoms with van der Waals surface area (Å²) in [6.07, 6.45) is -5.00. The Bertz CT molecular complexity index is 421. The predicted molar refractivity (Wildman–Crippen MR) is 60.4 cm³/mol. The maximum absolute atomic E-state index is 13.3. The molecule has 0 fully saturated rings. The van der Waals surface area contributed by atoms with Crippen molar-refractivity contribution >= 4 is 11.6 Å². The molecule has 1 aromatic heterocycles. The van der Waals surface area contributed by atoms with Gasteiger partial charge in [-0.15, -0.1) is 0 Å². The summed E-state index contributed by atoms with van der Waals surface area (Å²) in [7, 11) is 0. The summed E-state index contributed by atoms with van der Waals surface area (Å²) in [5.74, 6) is 2.46. The van der Waals surface area contributed by atoms with Gasteiger partial charge in [0.05, 0.1) is 0 Å². The number of halogens is 5. The summed E-state index contributed by atoms with van der Waals surface area (Å²) in [6, 6.07) is 0.584. The molecule has 1 aromatic rings. The molecular formula is C10H13F5N4. The van der Waals surface area contributed by atoms with E-state index in [4.69, 9.17) is 5.84 Å². The van der Waals surface area contributed by atoms with Crippen LogP contribution in [0.2, 0.25) is 0 Å². The lowest BCUT2D eigenvalue weighted by molar-refractivity contribution is -0.135. The first-order chi connectivity index (χ1) is 8.83. The van der Waals surface area contributed by atoms with Crippen molar-refractivity contribution in [2.24, 2.45) is 5.84 Å². The van der Waals surface area contributed by atoms with Crippen molar-refractivity contribution in [2.75, 3.05) is 17.3 Å². The molecule has 0 spiro atoms. The molecule has 0 aliphatic heterocycles. The fourth-order valence-electron chi connectivity index (χ4n) is 1.35. The molecule has 0 aliphatic rings. The maximum Gasteiger partial charge on any atom is 0.389 e. The molecule has 0 saturated heterocycles. The van der Waals surface area contributed by atoms with Gasteiger partial charge in [0.1, 0.15) is 0 Å². The van der Waals surface area contributed by atoms with Crippen LogP contribution >= 0.6 is 0 Å². The second-order valence-corrected chi connectivity index (χ2v) is 3.79. The van der Waals surface area contributed by atoms with Crippen molar-refractivity contribution in [2.45, 2.75) is 25.4 Å². The number of nitrogens with zero attached hydrogens (tertiary/aromatic N) is 1. The number of pyridine rings is 1. The SMILES string of the molecule is NNc1nc(NCCCCC(F)(F)F)c(F)cc1F. The van der Waals surface area contributed by atoms with Crippen molar-refractivity contribution in [1.29, 1.82) is 0 Å². The largest absolute Gasteiger partial charge is 0.389 e. The summed E-state index contributed by atoms with van der Waals surface area (Å²) in [4.78, 5) is 3.52. The minimum absolute atomic E-state index is 0.0820. The topological polar surface area (TPSA) is 63.0 Å². The summed E-state index contributed by atoms with van der Waals surface area (Å²) >= 11 is 0. The first-order valence-corrected chi connectivity index (χ1v) is 5.47. The van der Waals surface area contributed by atoms with E-state index in [9.17, 15) is 22.0 Å². The lowest BCUT2D eigenvalue weighted by Crippen LogP contribution is -2.14. The van der Waals surface area contributed by atoms with Crippen LogP contribution in [0.3, 0.4) is 0 Å². The fourth-order valence-corrected chi connectivity index (χ4v) is 1.35. The van der Waals surface area contributed by atoms with E-state index in [1.54, 1.807) is 0 Å². The molecule has 19 heavy (non-hydrogen) atoms. The molecule has 0 amide bonds. The number of hydrazine groups is 1. The zero-order chi connectivity index (χ0) is 14.5. The van der Waals surface area contributed by atoms with E-state index in [2.05, 4.69) is 10.3 Å². The van der Waals surface area contributed by atoms with E-state index >= 15 is 0 Å². The Kier molecular flexibility index (Phi) is 5.28. The Morgan fingerprint density at radius 1 is 1.11 bits per heavy atom. The van der Waals surface area contributed by atoms with Gasteiger partial charge < -0.3 is 10.7 Å². The van der Waals surface area contributed by atoms with Crippen molar-refractivity contribution in [3.8, 4) is 0 Å². The molecule has 1 heterocycles. The van der Waals surface area contributed by atoms with Crippen molar-refractivity contribution in [3.05, 3.63) is 17.7 Å². The van der Waals surface area contributed by atoms with Crippen LogP contribution in [0.1, 0.15) is 19.3 Å². The van der Waals surface area contributed by atoms with Crippen LogP contribution in [0.15, 0.2) is 6.07 Å². The summed E-state index contributed by atoms with van der Waals surface area (Å²) in [6.45, 7) is 0.0929. The predicted octanol–water partition coefficient (Wildman–Crippen LogP) is 2.79. The highest BCUT2D eigenvalue weighted by Gasteiger charge is 2.25. The highest BCUT2D eigenvalue weighted by Crippen LogP contribution is 2.22. The molecule has 1 rings (SSSR count). The van der Waals surface area contributed by atoms with Gasteiger partial charge in [0.15, 0.2) is 23.3 Å². The molecule has 0 saturated carbocycles. The first-order valence-electron chi connectivity index (χ1n) is 5.47. The third-order valence-corrected chi connectivity index (χ3v) is 2.25. The van der Waals surface area contributed by atoms with Gasteiger partial charge >= 0.3 is 6.18 Å². The summed E-state index contributed by atoms with van der Waals surface area (Å²) in [5, 5.41) is 2.49. The Labute approximate surface area is 106 Å². The van der Waals surface area contributed by atoms with E-state index in [1.807, 2.05) is 5.43 Å². The van der Waals surface area contributed by atoms with Crippen LogP contribution < -0.4 is 16.6 Å². The summed E-state index contributed by atoms with van der Waals surface area (Å²) in [5.41, 5.74) is 1.94. The van der Waals surface area contributed by atoms with Gasteiger partial charge in [-0.25, -0.2) is 19.6 Å². The van der Waals surface area contributed by atoms with Gasteiger partial charge in [0.2, 0.25) is 0 Å². The number of rotatable bonds is 6. The molecule has 4 nitrogen and oxygen atoms in total. The van der Waals surface area contributed by atoms with Gasteiger partial charge in [0.25, 0.3) is 0 Å². The molecule has 108 valence electrons. The quantitative estimate of drug-likeness (QED) is 0.325. The van der Waals surface area contributed by atoms with Crippen LogP contribution in [0.25, 0.3) is 0 Å². The standard InChI is InChI=1S/C10H13F5N4/c11-6-5-7(12)9(19-16)18-8(6)17-4-2-1-3-10(13,14)15/h5H,1-4,16H2,(H2,17,18,19). The first kappa shape index (κ1) is 15.4. The van der Waals surface area contributed by atoms with Gasteiger partial charge in [-0.2, -0.15) is 13.2 Å². The number of alkyl halides is 3. The highest BCUT2D eigenvalue weighted by molar-refractivity contribution is 5.46. The molecule has 0 aliphatic carbocycles. The van der Waals surface area contributed by atoms with E-state index in [-0.39, 0.29) is 31.0 Å². The van der Waals surface area contributed by atoms with Gasteiger partial charge in [-0.05, 0) is 12.8 Å². The number of anilines is 2. The van der Waals surface area contributed by atoms with Crippen LogP contribution in [-0.2, 0) is 0 Å². The number of nitrogen functional groups attached to an aromatic ring is 1. The maximum atomic E-state index is 13.3. The minimum atomic E-state index is -4.20. The van der Waals surface area contributed by atoms with E-state index in [0.717, 1.165) is 0 Å². The Morgan fingerprint density at radius 3 is 2.32 bits per heavy atom. The molecule has 0 bridgehead atoms. The molecule has 4 N–H and O–H groups in total. The number of hydrogen-bond acceptors (Lipinski definition) is 4. The smallest absolute Gasteiger partial charge is 0.368 e. The van der Waals surface area contributed by atoms with Crippen molar-refractivity contribution in [3.63, 3.8) is 0 Å². The number of hydrogen-bond donors (Lipinski definition) is 3. The van der Waals surface area contributed by atoms with E-state index in [1.165, 1.54) is 0 Å². The molecule has 0 atom stereocenters. The molecular weight excluding hydrogens is 271 g/mol. The third-order valence-electron chi connectivity index (χ3n) is 2.25. The number of aromatic nitrogens is 1.